The number of halogens is 4. The fourth-order valence-corrected chi connectivity index (χ4v) is 1.29. The zero-order chi connectivity index (χ0) is 14.7. The number of nitrogens with two attached hydrogens (primary N) is 1. The lowest BCUT2D eigenvalue weighted by molar-refractivity contribution is 0.0989. The summed E-state index contributed by atoms with van der Waals surface area (Å²) in [6.45, 7) is -1.28. The van der Waals surface area contributed by atoms with E-state index in [-0.39, 0.29) is 0 Å². The van der Waals surface area contributed by atoms with Gasteiger partial charge < -0.3 is 21.3 Å². The van der Waals surface area contributed by atoms with Gasteiger partial charge in [0, 0.05) is 6.54 Å². The molecule has 5 N–H and O–H groups in total. The molecule has 0 aromatic heterocycles. The van der Waals surface area contributed by atoms with Gasteiger partial charge in [-0.05, 0) is 0 Å². The number of nitrogens with one attached hydrogen (secondary N) is 1. The fourth-order valence-electron chi connectivity index (χ4n) is 1.29. The highest BCUT2D eigenvalue weighted by molar-refractivity contribution is 5.94. The first kappa shape index (κ1) is 15.2. The Balaban J connectivity index is 3.24. The highest BCUT2D eigenvalue weighted by Gasteiger charge is 2.28. The molecule has 0 spiro atoms. The number of carbonyl (C=O) groups is 1. The van der Waals surface area contributed by atoms with Gasteiger partial charge in [0.1, 0.15) is 11.3 Å². The number of primary amides is 1. The average Bonchev–Trinajstić information content (AvgIpc) is 2.35. The van der Waals surface area contributed by atoms with E-state index in [1.54, 1.807) is 0 Å². The van der Waals surface area contributed by atoms with Gasteiger partial charge in [-0.15, -0.1) is 0 Å². The molecular weight excluding hydrogens is 272 g/mol. The van der Waals surface area contributed by atoms with Gasteiger partial charge in [0.2, 0.25) is 0 Å². The number of rotatable bonds is 5. The van der Waals surface area contributed by atoms with Crippen molar-refractivity contribution in [1.29, 1.82) is 0 Å². The van der Waals surface area contributed by atoms with Crippen LogP contribution in [0, 0.1) is 23.3 Å². The van der Waals surface area contributed by atoms with Crippen LogP contribution in [0.1, 0.15) is 10.4 Å². The molecule has 19 heavy (non-hydrogen) atoms. The Morgan fingerprint density at radius 1 is 1.16 bits per heavy atom. The molecule has 106 valence electrons. The van der Waals surface area contributed by atoms with Crippen molar-refractivity contribution in [2.75, 3.05) is 18.5 Å². The van der Waals surface area contributed by atoms with E-state index in [1.807, 2.05) is 5.32 Å². The van der Waals surface area contributed by atoms with Crippen molar-refractivity contribution in [3.63, 3.8) is 0 Å². The Bertz CT molecular complexity index is 481. The Morgan fingerprint density at radius 2 is 1.63 bits per heavy atom. The Hall–Kier alpha value is -1.87. The summed E-state index contributed by atoms with van der Waals surface area (Å²) in [5.41, 5.74) is 1.88. The van der Waals surface area contributed by atoms with Crippen molar-refractivity contribution in [3.8, 4) is 0 Å². The van der Waals surface area contributed by atoms with E-state index in [0.717, 1.165) is 0 Å². The smallest absolute Gasteiger partial charge is 0.254 e. The SMILES string of the molecule is NC(=O)c1c(F)c(F)c(NCC(O)CO)c(F)c1F. The summed E-state index contributed by atoms with van der Waals surface area (Å²) < 4.78 is 53.5. The second-order valence-corrected chi connectivity index (χ2v) is 3.59. The molecule has 9 heteroatoms. The van der Waals surface area contributed by atoms with E-state index in [0.29, 0.717) is 0 Å². The summed E-state index contributed by atoms with van der Waals surface area (Å²) in [5, 5.41) is 19.3. The standard InChI is InChI=1S/C10H10F4N2O3/c11-5-4(10(15)19)6(12)8(14)9(7(5)13)16-1-3(18)2-17/h3,16-18H,1-2H2,(H2,15,19). The van der Waals surface area contributed by atoms with Crippen LogP contribution in [0.5, 0.6) is 0 Å². The summed E-state index contributed by atoms with van der Waals surface area (Å²) >= 11 is 0. The minimum Gasteiger partial charge on any atom is -0.394 e. The number of hydrogen-bond donors (Lipinski definition) is 4. The average molecular weight is 282 g/mol. The third kappa shape index (κ3) is 2.93. The maximum Gasteiger partial charge on any atom is 0.254 e. The molecule has 0 saturated carbocycles. The number of amides is 1. The molecule has 0 saturated heterocycles. The van der Waals surface area contributed by atoms with Gasteiger partial charge in [0.15, 0.2) is 23.3 Å². The highest BCUT2D eigenvalue weighted by Crippen LogP contribution is 2.27. The van der Waals surface area contributed by atoms with E-state index in [4.69, 9.17) is 10.2 Å². The molecule has 1 amide bonds. The number of aliphatic hydroxyl groups is 2. The summed E-state index contributed by atoms with van der Waals surface area (Å²) in [6.07, 6.45) is -1.39. The van der Waals surface area contributed by atoms with E-state index < -0.39 is 59.7 Å². The van der Waals surface area contributed by atoms with Gasteiger partial charge in [-0.2, -0.15) is 0 Å². The van der Waals surface area contributed by atoms with E-state index in [2.05, 4.69) is 5.73 Å². The molecule has 1 atom stereocenters. The Kier molecular flexibility index (Phi) is 4.67. The molecule has 1 aromatic carbocycles. The second-order valence-electron chi connectivity index (χ2n) is 3.59. The van der Waals surface area contributed by atoms with Gasteiger partial charge >= 0.3 is 0 Å². The van der Waals surface area contributed by atoms with Gasteiger partial charge in [0.25, 0.3) is 5.91 Å². The number of hydrogen-bond acceptors (Lipinski definition) is 4. The molecule has 0 aliphatic carbocycles. The van der Waals surface area contributed by atoms with Gasteiger partial charge in [-0.3, -0.25) is 4.79 Å². The predicted molar refractivity (Wildman–Crippen MR) is 56.4 cm³/mol. The molecule has 0 bridgehead atoms. The number of benzene rings is 1. The Labute approximate surface area is 104 Å². The first-order valence-electron chi connectivity index (χ1n) is 4.99. The zero-order valence-electron chi connectivity index (χ0n) is 9.38. The number of aliphatic hydroxyl groups excluding tert-OH is 2. The topological polar surface area (TPSA) is 95.6 Å². The van der Waals surface area contributed by atoms with Gasteiger partial charge in [0.05, 0.1) is 12.7 Å². The third-order valence-corrected chi connectivity index (χ3v) is 2.23. The van der Waals surface area contributed by atoms with E-state index in [9.17, 15) is 22.4 Å². The maximum absolute atomic E-state index is 13.4. The minimum absolute atomic E-state index is 0.556. The first-order valence-corrected chi connectivity index (χ1v) is 4.99. The van der Waals surface area contributed by atoms with Crippen LogP contribution in [0.4, 0.5) is 23.2 Å². The first-order chi connectivity index (χ1) is 8.81. The van der Waals surface area contributed by atoms with Crippen LogP contribution in [0.25, 0.3) is 0 Å². The van der Waals surface area contributed by atoms with Gasteiger partial charge in [-0.25, -0.2) is 17.6 Å². The molecule has 5 nitrogen and oxygen atoms in total. The quantitative estimate of drug-likeness (QED) is 0.455. The maximum atomic E-state index is 13.4. The lowest BCUT2D eigenvalue weighted by atomic mass is 10.1. The molecule has 1 rings (SSSR count). The molecule has 0 heterocycles. The van der Waals surface area contributed by atoms with Crippen molar-refractivity contribution in [2.45, 2.75) is 6.10 Å². The van der Waals surface area contributed by atoms with Crippen molar-refractivity contribution < 1.29 is 32.6 Å². The summed E-state index contributed by atoms with van der Waals surface area (Å²) in [6, 6.07) is 0. The third-order valence-electron chi connectivity index (χ3n) is 2.23. The van der Waals surface area contributed by atoms with Crippen LogP contribution in [-0.4, -0.2) is 35.4 Å². The van der Waals surface area contributed by atoms with E-state index >= 15 is 0 Å². The normalized spacial score (nSPS) is 12.3. The van der Waals surface area contributed by atoms with Crippen molar-refractivity contribution in [1.82, 2.24) is 0 Å². The molecular formula is C10H10F4N2O3. The molecule has 0 aliphatic heterocycles. The molecule has 0 radical (unpaired) electrons. The molecule has 0 fully saturated rings. The summed E-state index contributed by atoms with van der Waals surface area (Å²) in [5.74, 6) is -9.23. The molecule has 0 aliphatic rings. The second kappa shape index (κ2) is 5.85. The largest absolute Gasteiger partial charge is 0.394 e. The van der Waals surface area contributed by atoms with Crippen molar-refractivity contribution in [2.24, 2.45) is 5.73 Å². The minimum atomic E-state index is -1.94. The summed E-state index contributed by atoms with van der Waals surface area (Å²) in [4.78, 5) is 10.7. The van der Waals surface area contributed by atoms with Crippen molar-refractivity contribution in [3.05, 3.63) is 28.8 Å². The molecule has 1 unspecified atom stereocenters. The lowest BCUT2D eigenvalue weighted by Crippen LogP contribution is -2.25. The number of anilines is 1. The summed E-state index contributed by atoms with van der Waals surface area (Å²) in [7, 11) is 0. The highest BCUT2D eigenvalue weighted by atomic mass is 19.2. The fraction of sp³-hybridized carbons (Fsp3) is 0.300. The van der Waals surface area contributed by atoms with Crippen LogP contribution in [0.15, 0.2) is 0 Å². The van der Waals surface area contributed by atoms with Crippen LogP contribution >= 0.6 is 0 Å². The van der Waals surface area contributed by atoms with Crippen LogP contribution < -0.4 is 11.1 Å². The lowest BCUT2D eigenvalue weighted by Gasteiger charge is -2.14. The molecule has 1 aromatic rings. The monoisotopic (exact) mass is 282 g/mol. The van der Waals surface area contributed by atoms with Crippen molar-refractivity contribution >= 4 is 11.6 Å². The Morgan fingerprint density at radius 3 is 2.00 bits per heavy atom. The van der Waals surface area contributed by atoms with Gasteiger partial charge in [-0.1, -0.05) is 0 Å². The van der Waals surface area contributed by atoms with Crippen LogP contribution in [-0.2, 0) is 0 Å². The van der Waals surface area contributed by atoms with Crippen LogP contribution in [0.2, 0.25) is 0 Å². The predicted octanol–water partition coefficient (Wildman–Crippen LogP) is 0.107. The van der Waals surface area contributed by atoms with Crippen LogP contribution in [0.3, 0.4) is 0 Å². The zero-order valence-corrected chi connectivity index (χ0v) is 9.38. The van der Waals surface area contributed by atoms with E-state index in [1.165, 1.54) is 0 Å². The number of carbonyl (C=O) groups excluding carboxylic acids is 1.